The molecular formula is C29H23N3O6. The van der Waals surface area contributed by atoms with Crippen LogP contribution in [0.3, 0.4) is 0 Å². The number of ketones is 1. The number of amides is 2. The summed E-state index contributed by atoms with van der Waals surface area (Å²) in [6.45, 7) is 1.29. The number of hydrogen-bond acceptors (Lipinski definition) is 8. The lowest BCUT2D eigenvalue weighted by molar-refractivity contribution is -0.132. The van der Waals surface area contributed by atoms with Crippen LogP contribution in [0.1, 0.15) is 34.5 Å². The third-order valence-electron chi connectivity index (χ3n) is 7.29. The van der Waals surface area contributed by atoms with Gasteiger partial charge in [0.15, 0.2) is 5.78 Å². The summed E-state index contributed by atoms with van der Waals surface area (Å²) < 4.78 is 10.3. The van der Waals surface area contributed by atoms with Gasteiger partial charge in [0, 0.05) is 12.5 Å². The van der Waals surface area contributed by atoms with Crippen molar-refractivity contribution in [3.05, 3.63) is 89.5 Å². The topological polar surface area (TPSA) is 106 Å². The number of esters is 1. The number of carbonyl (C=O) groups is 4. The molecule has 0 N–H and O–H groups in total. The van der Waals surface area contributed by atoms with Crippen molar-refractivity contribution >= 4 is 35.5 Å². The third kappa shape index (κ3) is 3.58. The van der Waals surface area contributed by atoms with Crippen LogP contribution in [0.25, 0.3) is 0 Å². The Kier molecular flexibility index (Phi) is 5.56. The molecule has 9 heteroatoms. The van der Waals surface area contributed by atoms with Gasteiger partial charge in [0.25, 0.3) is 0 Å². The van der Waals surface area contributed by atoms with E-state index in [1.807, 2.05) is 24.3 Å². The smallest absolute Gasteiger partial charge is 0.308 e. The first-order chi connectivity index (χ1) is 18.4. The molecule has 3 aliphatic rings. The third-order valence-corrected chi connectivity index (χ3v) is 7.29. The van der Waals surface area contributed by atoms with E-state index in [2.05, 4.69) is 5.10 Å². The Morgan fingerprint density at radius 1 is 0.842 bits per heavy atom. The van der Waals surface area contributed by atoms with Gasteiger partial charge in [-0.05, 0) is 59.7 Å². The van der Waals surface area contributed by atoms with Gasteiger partial charge in [-0.25, -0.2) is 4.90 Å². The number of rotatable bonds is 5. The normalized spacial score (nSPS) is 23.1. The summed E-state index contributed by atoms with van der Waals surface area (Å²) in [7, 11) is 1.54. The second kappa shape index (κ2) is 8.95. The molecule has 0 radical (unpaired) electrons. The highest BCUT2D eigenvalue weighted by molar-refractivity contribution is 6.24. The molecule has 4 atom stereocenters. The van der Waals surface area contributed by atoms with Crippen molar-refractivity contribution in [2.24, 2.45) is 16.9 Å². The number of anilines is 1. The number of carbonyl (C=O) groups excluding carboxylic acids is 4. The summed E-state index contributed by atoms with van der Waals surface area (Å²) in [5, 5.41) is 6.20. The highest BCUT2D eigenvalue weighted by atomic mass is 16.5. The van der Waals surface area contributed by atoms with Gasteiger partial charge in [-0.3, -0.25) is 24.2 Å². The fourth-order valence-corrected chi connectivity index (χ4v) is 5.68. The summed E-state index contributed by atoms with van der Waals surface area (Å²) in [5.74, 6) is -2.47. The molecule has 0 aromatic heterocycles. The molecule has 0 bridgehead atoms. The first-order valence-electron chi connectivity index (χ1n) is 12.1. The Morgan fingerprint density at radius 3 is 2.18 bits per heavy atom. The number of benzene rings is 3. The minimum atomic E-state index is -0.968. The van der Waals surface area contributed by atoms with Crippen molar-refractivity contribution in [3.63, 3.8) is 0 Å². The zero-order chi connectivity index (χ0) is 26.6. The highest BCUT2D eigenvalue weighted by Crippen LogP contribution is 2.53. The maximum atomic E-state index is 13.9. The highest BCUT2D eigenvalue weighted by Gasteiger charge is 2.65. The van der Waals surface area contributed by atoms with Crippen LogP contribution in [-0.4, -0.2) is 47.9 Å². The van der Waals surface area contributed by atoms with Crippen molar-refractivity contribution < 1.29 is 28.7 Å². The van der Waals surface area contributed by atoms with Gasteiger partial charge in [0.1, 0.15) is 17.5 Å². The van der Waals surface area contributed by atoms with Crippen molar-refractivity contribution in [1.29, 1.82) is 0 Å². The molecule has 6 rings (SSSR count). The minimum Gasteiger partial charge on any atom is -0.497 e. The largest absolute Gasteiger partial charge is 0.497 e. The maximum absolute atomic E-state index is 13.9. The summed E-state index contributed by atoms with van der Waals surface area (Å²) in [6, 6.07) is 18.9. The van der Waals surface area contributed by atoms with Crippen LogP contribution < -0.4 is 14.4 Å². The Bertz CT molecular complexity index is 1500. The van der Waals surface area contributed by atoms with E-state index in [0.29, 0.717) is 22.7 Å². The van der Waals surface area contributed by atoms with Crippen LogP contribution in [0, 0.1) is 11.8 Å². The van der Waals surface area contributed by atoms with Crippen LogP contribution in [0.15, 0.2) is 77.9 Å². The molecule has 9 nitrogen and oxygen atoms in total. The van der Waals surface area contributed by atoms with Gasteiger partial charge >= 0.3 is 5.97 Å². The predicted octanol–water partition coefficient (Wildman–Crippen LogP) is 3.38. The quantitative estimate of drug-likeness (QED) is 0.225. The minimum absolute atomic E-state index is 0.296. The van der Waals surface area contributed by atoms with Crippen LogP contribution in [-0.2, 0) is 14.4 Å². The Morgan fingerprint density at radius 2 is 1.50 bits per heavy atom. The average Bonchev–Trinajstić information content (AvgIpc) is 3.41. The first-order valence-corrected chi connectivity index (χ1v) is 12.1. The number of Topliss-reactive ketones (excluding diaryl/α,β-unsaturated/α-hetero) is 1. The summed E-state index contributed by atoms with van der Waals surface area (Å²) in [4.78, 5) is 54.2. The van der Waals surface area contributed by atoms with Gasteiger partial charge in [-0.15, -0.1) is 0 Å². The lowest BCUT2D eigenvalue weighted by Gasteiger charge is -2.33. The molecule has 2 amide bonds. The van der Waals surface area contributed by atoms with Crippen LogP contribution in [0.2, 0.25) is 0 Å². The lowest BCUT2D eigenvalue weighted by atomic mass is 9.83. The fraction of sp³-hybridized carbons (Fsp3) is 0.207. The molecule has 3 heterocycles. The van der Waals surface area contributed by atoms with E-state index in [1.165, 1.54) is 19.1 Å². The van der Waals surface area contributed by atoms with E-state index in [-0.39, 0.29) is 5.78 Å². The Labute approximate surface area is 218 Å². The summed E-state index contributed by atoms with van der Waals surface area (Å²) in [6.07, 6.45) is 1.67. The Balaban J connectivity index is 1.43. The van der Waals surface area contributed by atoms with E-state index in [9.17, 15) is 19.2 Å². The number of hydrazone groups is 1. The molecule has 3 aromatic rings. The van der Waals surface area contributed by atoms with Crippen LogP contribution in [0.4, 0.5) is 5.69 Å². The van der Waals surface area contributed by atoms with Gasteiger partial charge in [-0.1, -0.05) is 24.3 Å². The molecule has 2 fully saturated rings. The van der Waals surface area contributed by atoms with Gasteiger partial charge in [-0.2, -0.15) is 5.10 Å². The molecule has 0 spiro atoms. The van der Waals surface area contributed by atoms with E-state index in [1.54, 1.807) is 54.7 Å². The fourth-order valence-electron chi connectivity index (χ4n) is 5.68. The number of nitrogens with zero attached hydrogens (tertiary/aromatic N) is 3. The zero-order valence-corrected chi connectivity index (χ0v) is 20.6. The number of hydrogen-bond donors (Lipinski definition) is 0. The number of methoxy groups -OCH3 is 1. The van der Waals surface area contributed by atoms with Crippen molar-refractivity contribution in [2.75, 3.05) is 12.0 Å². The number of fused-ring (bicyclic) bond motifs is 5. The molecule has 38 heavy (non-hydrogen) atoms. The monoisotopic (exact) mass is 509 g/mol. The molecule has 0 saturated carbocycles. The molecule has 3 aliphatic heterocycles. The van der Waals surface area contributed by atoms with Crippen molar-refractivity contribution in [1.82, 2.24) is 5.01 Å². The summed E-state index contributed by atoms with van der Waals surface area (Å²) >= 11 is 0. The Hall–Kier alpha value is -4.79. The van der Waals surface area contributed by atoms with Crippen molar-refractivity contribution in [3.8, 4) is 11.5 Å². The molecule has 190 valence electrons. The molecule has 3 aromatic carbocycles. The van der Waals surface area contributed by atoms with Crippen LogP contribution in [0.5, 0.6) is 11.5 Å². The molecule has 2 saturated heterocycles. The number of imide groups is 1. The van der Waals surface area contributed by atoms with Gasteiger partial charge in [0.2, 0.25) is 11.8 Å². The predicted molar refractivity (Wildman–Crippen MR) is 137 cm³/mol. The van der Waals surface area contributed by atoms with E-state index >= 15 is 0 Å². The second-order valence-electron chi connectivity index (χ2n) is 9.39. The van der Waals surface area contributed by atoms with Crippen molar-refractivity contribution in [2.45, 2.75) is 19.0 Å². The standard InChI is InChI=1S/C29H23N3O6/c1-16(33)38-21-13-9-19(10-14-21)31-28(35)23-24(29(31)36)26(27(34)17-7-11-20(37-2)12-8-17)32-25(23)22-6-4-3-5-18(22)15-30-32/h3-15,23-26H,1-2H3/t23-,24+,25?,26-/m0/s1. The van der Waals surface area contributed by atoms with E-state index in [4.69, 9.17) is 9.47 Å². The van der Waals surface area contributed by atoms with E-state index in [0.717, 1.165) is 16.0 Å². The van der Waals surface area contributed by atoms with Crippen LogP contribution >= 0.6 is 0 Å². The number of ether oxygens (including phenoxy) is 2. The lowest BCUT2D eigenvalue weighted by Crippen LogP contribution is -2.44. The molecular weight excluding hydrogens is 486 g/mol. The molecule has 0 aliphatic carbocycles. The SMILES string of the molecule is COc1ccc(C(=O)[C@@H]2[C@@H]3C(=O)N(c4ccc(OC(C)=O)cc4)C(=O)[C@@H]3C3c4ccccc4C=NN32)cc1. The maximum Gasteiger partial charge on any atom is 0.308 e. The van der Waals surface area contributed by atoms with E-state index < -0.39 is 41.7 Å². The average molecular weight is 510 g/mol. The second-order valence-corrected chi connectivity index (χ2v) is 9.39. The van der Waals surface area contributed by atoms with Gasteiger partial charge in [0.05, 0.1) is 36.9 Å². The first kappa shape index (κ1) is 23.6. The zero-order valence-electron chi connectivity index (χ0n) is 20.6. The molecule has 1 unspecified atom stereocenters. The van der Waals surface area contributed by atoms with Gasteiger partial charge < -0.3 is 9.47 Å². The summed E-state index contributed by atoms with van der Waals surface area (Å²) in [5.41, 5.74) is 2.43.